The second-order valence-corrected chi connectivity index (χ2v) is 4.79. The van der Waals surface area contributed by atoms with E-state index < -0.39 is 5.97 Å². The highest BCUT2D eigenvalue weighted by Crippen LogP contribution is 2.11. The van der Waals surface area contributed by atoms with Crippen LogP contribution >= 0.6 is 0 Å². The summed E-state index contributed by atoms with van der Waals surface area (Å²) in [6.45, 7) is 3.22. The van der Waals surface area contributed by atoms with Gasteiger partial charge in [-0.25, -0.2) is 9.97 Å². The fourth-order valence-electron chi connectivity index (χ4n) is 1.89. The quantitative estimate of drug-likeness (QED) is 0.893. The standard InChI is InChI=1S/C14H16N4O3/c1-10(2)18(8-13(19)20)14(21)11-3-4-16-12(7-11)17-6-5-15-9-17/h3-7,9-10H,8H2,1-2H3,(H,19,20). The van der Waals surface area contributed by atoms with E-state index in [-0.39, 0.29) is 18.5 Å². The molecule has 0 aliphatic carbocycles. The van der Waals surface area contributed by atoms with Crippen LogP contribution in [0, 0.1) is 0 Å². The van der Waals surface area contributed by atoms with Gasteiger partial charge in [0.2, 0.25) is 0 Å². The fraction of sp³-hybridized carbons (Fsp3) is 0.286. The van der Waals surface area contributed by atoms with Crippen molar-refractivity contribution in [3.8, 4) is 5.82 Å². The largest absolute Gasteiger partial charge is 0.480 e. The van der Waals surface area contributed by atoms with Crippen molar-refractivity contribution >= 4 is 11.9 Å². The molecule has 0 bridgehead atoms. The number of carboxylic acid groups (broad SMARTS) is 1. The molecule has 21 heavy (non-hydrogen) atoms. The zero-order chi connectivity index (χ0) is 15.4. The molecule has 7 heteroatoms. The Labute approximate surface area is 121 Å². The first-order valence-electron chi connectivity index (χ1n) is 6.46. The molecule has 0 unspecified atom stereocenters. The topological polar surface area (TPSA) is 88.3 Å². The number of nitrogens with zero attached hydrogens (tertiary/aromatic N) is 4. The van der Waals surface area contributed by atoms with E-state index in [1.165, 1.54) is 11.1 Å². The van der Waals surface area contributed by atoms with Crippen molar-refractivity contribution in [3.63, 3.8) is 0 Å². The van der Waals surface area contributed by atoms with Crippen molar-refractivity contribution in [3.05, 3.63) is 42.6 Å². The first-order chi connectivity index (χ1) is 9.99. The van der Waals surface area contributed by atoms with Gasteiger partial charge in [0.25, 0.3) is 5.91 Å². The third-order valence-electron chi connectivity index (χ3n) is 2.95. The van der Waals surface area contributed by atoms with E-state index in [9.17, 15) is 9.59 Å². The normalized spacial score (nSPS) is 10.6. The maximum atomic E-state index is 12.5. The summed E-state index contributed by atoms with van der Waals surface area (Å²) in [5.41, 5.74) is 0.392. The number of rotatable bonds is 5. The Balaban J connectivity index is 2.30. The van der Waals surface area contributed by atoms with E-state index in [4.69, 9.17) is 5.11 Å². The highest BCUT2D eigenvalue weighted by molar-refractivity contribution is 5.96. The molecule has 110 valence electrons. The van der Waals surface area contributed by atoms with Gasteiger partial charge in [-0.1, -0.05) is 0 Å². The van der Waals surface area contributed by atoms with Gasteiger partial charge in [-0.15, -0.1) is 0 Å². The molecule has 0 radical (unpaired) electrons. The van der Waals surface area contributed by atoms with E-state index in [2.05, 4.69) is 9.97 Å². The minimum absolute atomic E-state index is 0.210. The van der Waals surface area contributed by atoms with Crippen molar-refractivity contribution in [2.75, 3.05) is 6.54 Å². The van der Waals surface area contributed by atoms with E-state index >= 15 is 0 Å². The molecule has 2 aromatic heterocycles. The van der Waals surface area contributed by atoms with Gasteiger partial charge in [-0.2, -0.15) is 0 Å². The number of hydrogen-bond acceptors (Lipinski definition) is 4. The van der Waals surface area contributed by atoms with Crippen LogP contribution in [0.1, 0.15) is 24.2 Å². The molecule has 0 fully saturated rings. The van der Waals surface area contributed by atoms with Gasteiger partial charge in [0.15, 0.2) is 0 Å². The summed E-state index contributed by atoms with van der Waals surface area (Å²) >= 11 is 0. The summed E-state index contributed by atoms with van der Waals surface area (Å²) in [6, 6.07) is 2.97. The highest BCUT2D eigenvalue weighted by Gasteiger charge is 2.21. The third kappa shape index (κ3) is 3.44. The Bertz CT molecular complexity index is 637. The average Bonchev–Trinajstić information content (AvgIpc) is 2.98. The number of aromatic nitrogens is 3. The lowest BCUT2D eigenvalue weighted by atomic mass is 10.2. The van der Waals surface area contributed by atoms with E-state index in [1.54, 1.807) is 49.3 Å². The van der Waals surface area contributed by atoms with Gasteiger partial charge in [-0.3, -0.25) is 14.2 Å². The van der Waals surface area contributed by atoms with Crippen molar-refractivity contribution in [1.29, 1.82) is 0 Å². The number of carbonyl (C=O) groups excluding carboxylic acids is 1. The van der Waals surface area contributed by atoms with E-state index in [0.29, 0.717) is 11.4 Å². The number of hydrogen-bond donors (Lipinski definition) is 1. The number of amides is 1. The molecule has 7 nitrogen and oxygen atoms in total. The monoisotopic (exact) mass is 288 g/mol. The summed E-state index contributed by atoms with van der Waals surface area (Å²) in [6.07, 6.45) is 6.42. The molecule has 0 aliphatic rings. The molecule has 2 rings (SSSR count). The summed E-state index contributed by atoms with van der Waals surface area (Å²) in [5.74, 6) is -0.825. The minimum atomic E-state index is -1.04. The van der Waals surface area contributed by atoms with Gasteiger partial charge < -0.3 is 10.0 Å². The Morgan fingerprint density at radius 2 is 2.14 bits per heavy atom. The Morgan fingerprint density at radius 3 is 2.71 bits per heavy atom. The lowest BCUT2D eigenvalue weighted by Gasteiger charge is -2.25. The van der Waals surface area contributed by atoms with Crippen molar-refractivity contribution in [1.82, 2.24) is 19.4 Å². The van der Waals surface area contributed by atoms with Gasteiger partial charge in [0, 0.05) is 30.2 Å². The molecule has 0 saturated heterocycles. The van der Waals surface area contributed by atoms with Gasteiger partial charge >= 0.3 is 5.97 Å². The van der Waals surface area contributed by atoms with E-state index in [0.717, 1.165) is 0 Å². The molecule has 2 heterocycles. The first kappa shape index (κ1) is 14.7. The van der Waals surface area contributed by atoms with Gasteiger partial charge in [-0.05, 0) is 26.0 Å². The second kappa shape index (κ2) is 6.17. The lowest BCUT2D eigenvalue weighted by Crippen LogP contribution is -2.40. The van der Waals surface area contributed by atoms with Crippen LogP contribution in [-0.4, -0.2) is 49.0 Å². The Morgan fingerprint density at radius 1 is 1.38 bits per heavy atom. The number of aliphatic carboxylic acids is 1. The molecular formula is C14H16N4O3. The van der Waals surface area contributed by atoms with Crippen LogP contribution in [0.5, 0.6) is 0 Å². The zero-order valence-electron chi connectivity index (χ0n) is 11.8. The van der Waals surface area contributed by atoms with E-state index in [1.807, 2.05) is 0 Å². The Kier molecular flexibility index (Phi) is 4.32. The number of imidazole rings is 1. The molecule has 0 atom stereocenters. The summed E-state index contributed by atoms with van der Waals surface area (Å²) in [7, 11) is 0. The molecular weight excluding hydrogens is 272 g/mol. The molecule has 2 aromatic rings. The SMILES string of the molecule is CC(C)N(CC(=O)O)C(=O)c1ccnc(-n2ccnc2)c1. The minimum Gasteiger partial charge on any atom is -0.480 e. The van der Waals surface area contributed by atoms with Crippen molar-refractivity contribution in [2.45, 2.75) is 19.9 Å². The Hall–Kier alpha value is -2.70. The zero-order valence-corrected chi connectivity index (χ0v) is 11.8. The van der Waals surface area contributed by atoms with Gasteiger partial charge in [0.05, 0.1) is 0 Å². The van der Waals surface area contributed by atoms with Crippen LogP contribution < -0.4 is 0 Å². The number of pyridine rings is 1. The summed E-state index contributed by atoms with van der Waals surface area (Å²) in [4.78, 5) is 32.7. The van der Waals surface area contributed by atoms with Crippen LogP contribution in [0.4, 0.5) is 0 Å². The molecule has 1 amide bonds. The van der Waals surface area contributed by atoms with Crippen LogP contribution in [0.2, 0.25) is 0 Å². The predicted molar refractivity (Wildman–Crippen MR) is 75.2 cm³/mol. The van der Waals surface area contributed by atoms with Gasteiger partial charge in [0.1, 0.15) is 18.7 Å². The van der Waals surface area contributed by atoms with Crippen molar-refractivity contribution in [2.24, 2.45) is 0 Å². The van der Waals surface area contributed by atoms with Crippen LogP contribution in [0.3, 0.4) is 0 Å². The maximum absolute atomic E-state index is 12.5. The smallest absolute Gasteiger partial charge is 0.323 e. The molecule has 1 N–H and O–H groups in total. The number of carboxylic acids is 1. The number of carbonyl (C=O) groups is 2. The first-order valence-corrected chi connectivity index (χ1v) is 6.46. The summed E-state index contributed by atoms with van der Waals surface area (Å²) in [5, 5.41) is 8.91. The van der Waals surface area contributed by atoms with Crippen LogP contribution in [-0.2, 0) is 4.79 Å². The van der Waals surface area contributed by atoms with Crippen LogP contribution in [0.15, 0.2) is 37.1 Å². The fourth-order valence-corrected chi connectivity index (χ4v) is 1.89. The molecule has 0 saturated carbocycles. The molecule has 0 spiro atoms. The van der Waals surface area contributed by atoms with Crippen molar-refractivity contribution < 1.29 is 14.7 Å². The molecule has 0 aliphatic heterocycles. The van der Waals surface area contributed by atoms with Crippen LogP contribution in [0.25, 0.3) is 5.82 Å². The highest BCUT2D eigenvalue weighted by atomic mass is 16.4. The second-order valence-electron chi connectivity index (χ2n) is 4.79. The molecule has 0 aromatic carbocycles. The maximum Gasteiger partial charge on any atom is 0.323 e. The third-order valence-corrected chi connectivity index (χ3v) is 2.95. The lowest BCUT2D eigenvalue weighted by molar-refractivity contribution is -0.138. The summed E-state index contributed by atoms with van der Waals surface area (Å²) < 4.78 is 1.67. The predicted octanol–water partition coefficient (Wildman–Crippen LogP) is 1.20. The average molecular weight is 288 g/mol.